The van der Waals surface area contributed by atoms with Crippen LogP contribution in [-0.4, -0.2) is 101 Å². The summed E-state index contributed by atoms with van der Waals surface area (Å²) in [4.78, 5) is 0. The molecule has 0 amide bonds. The van der Waals surface area contributed by atoms with Crippen molar-refractivity contribution in [1.82, 2.24) is 0 Å². The number of nitrogens with zero attached hydrogens (tertiary/aromatic N) is 3. The highest BCUT2D eigenvalue weighted by atomic mass is 16.5. The molecule has 0 heterocycles. The lowest BCUT2D eigenvalue weighted by atomic mass is 10.3. The molecule has 7 heteroatoms. The maximum atomic E-state index is 8.42. The standard InChI is InChI=1S/3C7H18N.BO3/c3*1-5-8(4,6-2)7-3;2-1(3)4/h3*5-7H2,1-4H3;/q3*+1;-3. The number of hydrogen-bond acceptors (Lipinski definition) is 3. The summed E-state index contributed by atoms with van der Waals surface area (Å²) in [6.07, 6.45) is 0. The molecule has 0 bridgehead atoms. The van der Waals surface area contributed by atoms with Gasteiger partial charge in [0.2, 0.25) is 0 Å². The predicted octanol–water partition coefficient (Wildman–Crippen LogP) is 0.530. The van der Waals surface area contributed by atoms with Crippen LogP contribution in [-0.2, 0) is 0 Å². The molecule has 0 radical (unpaired) electrons. The van der Waals surface area contributed by atoms with Gasteiger partial charge in [0.25, 0.3) is 0 Å². The fourth-order valence-corrected chi connectivity index (χ4v) is 2.01. The second kappa shape index (κ2) is 20.1. The van der Waals surface area contributed by atoms with Gasteiger partial charge in [0.05, 0.1) is 80.0 Å². The highest BCUT2D eigenvalue weighted by molar-refractivity contribution is 6.24. The first kappa shape index (κ1) is 35.3. The third-order valence-corrected chi connectivity index (χ3v) is 6.87. The topological polar surface area (TPSA) is 69.2 Å². The van der Waals surface area contributed by atoms with Crippen LogP contribution in [0, 0.1) is 0 Å². The Balaban J connectivity index is -0.000000141. The van der Waals surface area contributed by atoms with E-state index in [-0.39, 0.29) is 0 Å². The van der Waals surface area contributed by atoms with Gasteiger partial charge in [0, 0.05) is 0 Å². The highest BCUT2D eigenvalue weighted by Gasteiger charge is 2.12. The van der Waals surface area contributed by atoms with E-state index in [0.29, 0.717) is 0 Å². The van der Waals surface area contributed by atoms with Crippen LogP contribution >= 0.6 is 0 Å². The molecule has 0 aliphatic heterocycles. The zero-order valence-corrected chi connectivity index (χ0v) is 21.5. The Kier molecular flexibility index (Phi) is 25.3. The molecule has 0 spiro atoms. The van der Waals surface area contributed by atoms with Gasteiger partial charge >= 0.3 is 0 Å². The van der Waals surface area contributed by atoms with Crippen molar-refractivity contribution in [1.29, 1.82) is 0 Å². The van der Waals surface area contributed by atoms with Gasteiger partial charge in [0.1, 0.15) is 0 Å². The second-order valence-corrected chi connectivity index (χ2v) is 7.99. The first-order chi connectivity index (χ1) is 12.8. The highest BCUT2D eigenvalue weighted by Crippen LogP contribution is 1.99. The summed E-state index contributed by atoms with van der Waals surface area (Å²) in [7, 11) is 3.96. The third kappa shape index (κ3) is 22.1. The molecule has 0 saturated heterocycles. The van der Waals surface area contributed by atoms with Gasteiger partial charge in [-0.15, -0.1) is 0 Å². The average Bonchev–Trinajstić information content (AvgIpc) is 2.72. The molecular weight excluding hydrogens is 353 g/mol. The zero-order chi connectivity index (χ0) is 23.4. The van der Waals surface area contributed by atoms with Crippen LogP contribution in [0.2, 0.25) is 0 Å². The number of hydrogen-bond donors (Lipinski definition) is 0. The van der Waals surface area contributed by atoms with Crippen LogP contribution in [0.25, 0.3) is 0 Å². The molecule has 0 aromatic heterocycles. The Morgan fingerprint density at radius 1 is 0.393 bits per heavy atom. The molecular formula is C21H54BN3O3. The lowest BCUT2D eigenvalue weighted by molar-refractivity contribution is -0.904. The van der Waals surface area contributed by atoms with Crippen molar-refractivity contribution in [3.8, 4) is 0 Å². The van der Waals surface area contributed by atoms with Crippen molar-refractivity contribution in [3.63, 3.8) is 0 Å². The number of rotatable bonds is 9. The maximum absolute atomic E-state index is 8.42. The predicted molar refractivity (Wildman–Crippen MR) is 119 cm³/mol. The monoisotopic (exact) mass is 407 g/mol. The largest absolute Gasteiger partial charge is 0.907 e. The summed E-state index contributed by atoms with van der Waals surface area (Å²) >= 11 is 0. The summed E-state index contributed by atoms with van der Waals surface area (Å²) in [5.41, 5.74) is 0. The smallest absolute Gasteiger partial charge is 0.0755 e. The van der Waals surface area contributed by atoms with Crippen molar-refractivity contribution >= 4 is 7.32 Å². The van der Waals surface area contributed by atoms with Crippen LogP contribution in [0.15, 0.2) is 0 Å². The SMILES string of the molecule is CC[N+](C)(CC)CC.CC[N+](C)(CC)CC.CC[N+](C)(CC)CC.[O-]B([O-])[O-]. The Morgan fingerprint density at radius 3 is 0.464 bits per heavy atom. The third-order valence-electron chi connectivity index (χ3n) is 6.87. The summed E-state index contributed by atoms with van der Waals surface area (Å²) in [5.74, 6) is 0. The molecule has 6 nitrogen and oxygen atoms in total. The fourth-order valence-electron chi connectivity index (χ4n) is 2.01. The van der Waals surface area contributed by atoms with E-state index in [1.54, 1.807) is 0 Å². The molecule has 0 aliphatic rings. The van der Waals surface area contributed by atoms with Crippen LogP contribution in [0.3, 0.4) is 0 Å². The summed E-state index contributed by atoms with van der Waals surface area (Å²) in [6, 6.07) is 0. The summed E-state index contributed by atoms with van der Waals surface area (Å²) in [5, 5.41) is 25.2. The second-order valence-electron chi connectivity index (χ2n) is 7.99. The van der Waals surface area contributed by atoms with E-state index in [9.17, 15) is 0 Å². The molecule has 0 saturated carbocycles. The molecule has 174 valence electrons. The molecule has 0 aliphatic carbocycles. The van der Waals surface area contributed by atoms with E-state index >= 15 is 0 Å². The minimum Gasteiger partial charge on any atom is -0.907 e. The summed E-state index contributed by atoms with van der Waals surface area (Å²) < 4.78 is 3.63. The molecule has 0 aromatic rings. The van der Waals surface area contributed by atoms with E-state index in [1.165, 1.54) is 72.4 Å². The van der Waals surface area contributed by atoms with Crippen molar-refractivity contribution in [2.24, 2.45) is 0 Å². The normalized spacial score (nSPS) is 11.2. The van der Waals surface area contributed by atoms with Crippen LogP contribution in [0.4, 0.5) is 0 Å². The molecule has 0 N–H and O–H groups in total. The van der Waals surface area contributed by atoms with Crippen molar-refractivity contribution in [2.45, 2.75) is 62.3 Å². The Hall–Kier alpha value is -0.175. The minimum atomic E-state index is -2.92. The first-order valence-electron chi connectivity index (χ1n) is 11.3. The lowest BCUT2D eigenvalue weighted by Gasteiger charge is -2.35. The van der Waals surface area contributed by atoms with Crippen molar-refractivity contribution in [3.05, 3.63) is 0 Å². The lowest BCUT2D eigenvalue weighted by Crippen LogP contribution is -2.56. The van der Waals surface area contributed by atoms with Gasteiger partial charge in [-0.25, -0.2) is 0 Å². The molecule has 28 heavy (non-hydrogen) atoms. The fraction of sp³-hybridized carbons (Fsp3) is 1.00. The van der Waals surface area contributed by atoms with E-state index in [0.717, 1.165) is 0 Å². The van der Waals surface area contributed by atoms with Crippen LogP contribution in [0.5, 0.6) is 0 Å². The molecule has 0 unspecified atom stereocenters. The van der Waals surface area contributed by atoms with Gasteiger partial charge in [-0.3, -0.25) is 7.32 Å². The van der Waals surface area contributed by atoms with Gasteiger partial charge in [0.15, 0.2) is 0 Å². The summed E-state index contributed by atoms with van der Waals surface area (Å²) in [6.45, 7) is 31.5. The van der Waals surface area contributed by atoms with E-state index < -0.39 is 7.32 Å². The zero-order valence-electron chi connectivity index (χ0n) is 21.5. The molecule has 0 rings (SSSR count). The van der Waals surface area contributed by atoms with E-state index in [4.69, 9.17) is 15.1 Å². The average molecular weight is 407 g/mol. The molecule has 0 aromatic carbocycles. The Labute approximate surface area is 178 Å². The Bertz CT molecular complexity index is 237. The van der Waals surface area contributed by atoms with E-state index in [2.05, 4.69) is 83.5 Å². The van der Waals surface area contributed by atoms with Gasteiger partial charge in [-0.05, 0) is 62.3 Å². The van der Waals surface area contributed by atoms with Gasteiger partial charge in [-0.2, -0.15) is 0 Å². The molecule has 0 atom stereocenters. The number of quaternary nitrogens is 3. The van der Waals surface area contributed by atoms with Crippen molar-refractivity contribution in [2.75, 3.05) is 80.0 Å². The van der Waals surface area contributed by atoms with Gasteiger partial charge in [-0.1, -0.05) is 0 Å². The molecule has 0 fully saturated rings. The van der Waals surface area contributed by atoms with Crippen LogP contribution < -0.4 is 15.1 Å². The van der Waals surface area contributed by atoms with Crippen molar-refractivity contribution < 1.29 is 28.5 Å². The first-order valence-corrected chi connectivity index (χ1v) is 11.3. The van der Waals surface area contributed by atoms with E-state index in [1.807, 2.05) is 0 Å². The Morgan fingerprint density at radius 2 is 0.464 bits per heavy atom. The van der Waals surface area contributed by atoms with Gasteiger partial charge < -0.3 is 28.5 Å². The maximum Gasteiger partial charge on any atom is 0.0755 e. The van der Waals surface area contributed by atoms with Crippen LogP contribution in [0.1, 0.15) is 62.3 Å². The quantitative estimate of drug-likeness (QED) is 0.414. The minimum absolute atomic E-state index is 1.21.